The van der Waals surface area contributed by atoms with Crippen molar-refractivity contribution in [2.24, 2.45) is 5.92 Å². The zero-order valence-corrected chi connectivity index (χ0v) is 12.1. The molecule has 0 radical (unpaired) electrons. The number of pyridine rings is 1. The molecule has 0 aliphatic heterocycles. The molecule has 0 saturated carbocycles. The maximum atomic E-state index is 4.54. The summed E-state index contributed by atoms with van der Waals surface area (Å²) in [5.41, 5.74) is 3.13. The van der Waals surface area contributed by atoms with Crippen LogP contribution in [0.2, 0.25) is 0 Å². The quantitative estimate of drug-likeness (QED) is 0.896. The van der Waals surface area contributed by atoms with Gasteiger partial charge < -0.3 is 9.88 Å². The van der Waals surface area contributed by atoms with Crippen molar-refractivity contribution in [3.63, 3.8) is 0 Å². The van der Waals surface area contributed by atoms with Gasteiger partial charge >= 0.3 is 0 Å². The lowest BCUT2D eigenvalue weighted by Gasteiger charge is -2.11. The fourth-order valence-corrected chi connectivity index (χ4v) is 1.97. The van der Waals surface area contributed by atoms with Gasteiger partial charge in [-0.15, -0.1) is 0 Å². The van der Waals surface area contributed by atoms with E-state index in [0.29, 0.717) is 5.92 Å². The highest BCUT2D eigenvalue weighted by molar-refractivity contribution is 5.30. The molecule has 4 nitrogen and oxygen atoms in total. The predicted molar refractivity (Wildman–Crippen MR) is 78.4 cm³/mol. The molecule has 0 spiro atoms. The van der Waals surface area contributed by atoms with E-state index in [1.807, 2.05) is 26.0 Å². The van der Waals surface area contributed by atoms with Gasteiger partial charge in [-0.2, -0.15) is 0 Å². The molecule has 2 aromatic rings. The first-order valence-corrected chi connectivity index (χ1v) is 6.75. The second kappa shape index (κ2) is 5.87. The molecule has 0 aliphatic rings. The molecule has 4 heteroatoms. The minimum Gasteiger partial charge on any atom is -0.355 e. The second-order valence-electron chi connectivity index (χ2n) is 5.38. The third kappa shape index (κ3) is 3.81. The molecule has 0 fully saturated rings. The fraction of sp³-hybridized carbons (Fsp3) is 0.467. The minimum absolute atomic E-state index is 0.600. The van der Waals surface area contributed by atoms with E-state index in [2.05, 4.69) is 46.0 Å². The van der Waals surface area contributed by atoms with Crippen LogP contribution in [0.15, 0.2) is 24.4 Å². The maximum Gasteiger partial charge on any atom is 0.203 e. The lowest BCUT2D eigenvalue weighted by Crippen LogP contribution is -2.13. The SMILES string of the molecule is Cc1cccc(Cn2cc(C)nc2NCC(C)C)n1. The number of anilines is 1. The van der Waals surface area contributed by atoms with Crippen LogP contribution in [0.5, 0.6) is 0 Å². The van der Waals surface area contributed by atoms with Crippen LogP contribution in [-0.2, 0) is 6.54 Å². The molecule has 2 aromatic heterocycles. The topological polar surface area (TPSA) is 42.7 Å². The number of aryl methyl sites for hydroxylation is 2. The smallest absolute Gasteiger partial charge is 0.203 e. The molecule has 0 bridgehead atoms. The van der Waals surface area contributed by atoms with Crippen LogP contribution >= 0.6 is 0 Å². The first-order valence-electron chi connectivity index (χ1n) is 6.75. The molecule has 0 unspecified atom stereocenters. The number of aromatic nitrogens is 3. The third-order valence-electron chi connectivity index (χ3n) is 2.84. The summed E-state index contributed by atoms with van der Waals surface area (Å²) in [6.45, 7) is 10.1. The van der Waals surface area contributed by atoms with Gasteiger partial charge in [-0.25, -0.2) is 4.98 Å². The van der Waals surface area contributed by atoms with Crippen LogP contribution in [0.1, 0.15) is 30.9 Å². The number of imidazole rings is 1. The van der Waals surface area contributed by atoms with Crippen LogP contribution in [0.3, 0.4) is 0 Å². The van der Waals surface area contributed by atoms with E-state index in [-0.39, 0.29) is 0 Å². The Morgan fingerprint density at radius 2 is 1.95 bits per heavy atom. The Hall–Kier alpha value is -1.84. The van der Waals surface area contributed by atoms with Crippen molar-refractivity contribution >= 4 is 5.95 Å². The van der Waals surface area contributed by atoms with E-state index in [4.69, 9.17) is 0 Å². The predicted octanol–water partition coefficient (Wildman–Crippen LogP) is 3.01. The Morgan fingerprint density at radius 3 is 2.63 bits per heavy atom. The van der Waals surface area contributed by atoms with Gasteiger partial charge in [0, 0.05) is 18.4 Å². The van der Waals surface area contributed by atoms with Crippen molar-refractivity contribution in [2.75, 3.05) is 11.9 Å². The number of hydrogen-bond donors (Lipinski definition) is 1. The molecule has 1 N–H and O–H groups in total. The number of hydrogen-bond acceptors (Lipinski definition) is 3. The van der Waals surface area contributed by atoms with Crippen molar-refractivity contribution in [3.05, 3.63) is 41.5 Å². The van der Waals surface area contributed by atoms with Gasteiger partial charge in [-0.05, 0) is 31.9 Å². The zero-order chi connectivity index (χ0) is 13.8. The van der Waals surface area contributed by atoms with Crippen molar-refractivity contribution in [1.82, 2.24) is 14.5 Å². The Kier molecular flexibility index (Phi) is 4.20. The summed E-state index contributed by atoms with van der Waals surface area (Å²) in [6.07, 6.45) is 2.06. The van der Waals surface area contributed by atoms with Crippen molar-refractivity contribution in [3.8, 4) is 0 Å². The van der Waals surface area contributed by atoms with Crippen molar-refractivity contribution in [2.45, 2.75) is 34.2 Å². The molecule has 2 rings (SSSR count). The van der Waals surface area contributed by atoms with Gasteiger partial charge in [0.05, 0.1) is 17.9 Å². The molecular formula is C15H22N4. The Labute approximate surface area is 114 Å². The number of rotatable bonds is 5. The number of nitrogens with zero attached hydrogens (tertiary/aromatic N) is 3. The first-order chi connectivity index (χ1) is 9.04. The highest BCUT2D eigenvalue weighted by Crippen LogP contribution is 2.12. The van der Waals surface area contributed by atoms with Gasteiger partial charge in [0.15, 0.2) is 0 Å². The summed E-state index contributed by atoms with van der Waals surface area (Å²) in [5.74, 6) is 1.53. The van der Waals surface area contributed by atoms with Crippen LogP contribution < -0.4 is 5.32 Å². The molecule has 2 heterocycles. The van der Waals surface area contributed by atoms with Crippen LogP contribution in [0.4, 0.5) is 5.95 Å². The van der Waals surface area contributed by atoms with Crippen molar-refractivity contribution < 1.29 is 0 Å². The molecule has 0 aliphatic carbocycles. The third-order valence-corrected chi connectivity index (χ3v) is 2.84. The molecule has 0 atom stereocenters. The van der Waals surface area contributed by atoms with Gasteiger partial charge in [0.2, 0.25) is 5.95 Å². The average Bonchev–Trinajstić information content (AvgIpc) is 2.67. The van der Waals surface area contributed by atoms with E-state index in [1.165, 1.54) is 0 Å². The van der Waals surface area contributed by atoms with Gasteiger partial charge in [-0.1, -0.05) is 19.9 Å². The molecule has 19 heavy (non-hydrogen) atoms. The van der Waals surface area contributed by atoms with E-state index in [0.717, 1.165) is 36.1 Å². The fourth-order valence-electron chi connectivity index (χ4n) is 1.97. The summed E-state index contributed by atoms with van der Waals surface area (Å²) in [6, 6.07) is 6.11. The highest BCUT2D eigenvalue weighted by atomic mass is 15.2. The maximum absolute atomic E-state index is 4.54. The van der Waals surface area contributed by atoms with E-state index in [9.17, 15) is 0 Å². The summed E-state index contributed by atoms with van der Waals surface area (Å²) in [4.78, 5) is 9.06. The van der Waals surface area contributed by atoms with Gasteiger partial charge in [-0.3, -0.25) is 4.98 Å². The Balaban J connectivity index is 2.15. The summed E-state index contributed by atoms with van der Waals surface area (Å²) in [7, 11) is 0. The largest absolute Gasteiger partial charge is 0.355 e. The lowest BCUT2D eigenvalue weighted by atomic mass is 10.2. The molecule has 0 amide bonds. The van der Waals surface area contributed by atoms with Crippen LogP contribution in [0.25, 0.3) is 0 Å². The van der Waals surface area contributed by atoms with E-state index in [1.54, 1.807) is 0 Å². The summed E-state index contributed by atoms with van der Waals surface area (Å²) < 4.78 is 2.12. The second-order valence-corrected chi connectivity index (χ2v) is 5.38. The van der Waals surface area contributed by atoms with Gasteiger partial charge in [0.25, 0.3) is 0 Å². The normalized spacial score (nSPS) is 11.0. The van der Waals surface area contributed by atoms with Crippen LogP contribution in [0, 0.1) is 19.8 Å². The average molecular weight is 258 g/mol. The summed E-state index contributed by atoms with van der Waals surface area (Å²) >= 11 is 0. The first kappa shape index (κ1) is 13.6. The molecular weight excluding hydrogens is 236 g/mol. The van der Waals surface area contributed by atoms with E-state index >= 15 is 0 Å². The molecule has 102 valence electrons. The molecule has 0 aromatic carbocycles. The monoisotopic (exact) mass is 258 g/mol. The highest BCUT2D eigenvalue weighted by Gasteiger charge is 2.07. The Morgan fingerprint density at radius 1 is 1.16 bits per heavy atom. The Bertz CT molecular complexity index is 543. The zero-order valence-electron chi connectivity index (χ0n) is 12.1. The standard InChI is InChI=1S/C15H22N4/c1-11(2)8-16-15-18-13(4)9-19(15)10-14-7-5-6-12(3)17-14/h5-7,9,11H,8,10H2,1-4H3,(H,16,18). The van der Waals surface area contributed by atoms with Crippen molar-refractivity contribution in [1.29, 1.82) is 0 Å². The number of nitrogens with one attached hydrogen (secondary N) is 1. The lowest BCUT2D eigenvalue weighted by molar-refractivity contribution is 0.674. The molecule has 0 saturated heterocycles. The minimum atomic E-state index is 0.600. The van der Waals surface area contributed by atoms with Gasteiger partial charge in [0.1, 0.15) is 0 Å². The summed E-state index contributed by atoms with van der Waals surface area (Å²) in [5, 5.41) is 3.39. The van der Waals surface area contributed by atoms with E-state index < -0.39 is 0 Å². The van der Waals surface area contributed by atoms with Crippen LogP contribution in [-0.4, -0.2) is 21.1 Å².